The largest absolute Gasteiger partial charge is 0.496 e. The van der Waals surface area contributed by atoms with Crippen LogP contribution in [0.4, 0.5) is 5.82 Å². The molecule has 0 fully saturated rings. The first kappa shape index (κ1) is 13.4. The lowest BCUT2D eigenvalue weighted by Gasteiger charge is -2.09. The van der Waals surface area contributed by atoms with Crippen molar-refractivity contribution in [3.63, 3.8) is 0 Å². The van der Waals surface area contributed by atoms with Crippen LogP contribution in [0, 0.1) is 0 Å². The van der Waals surface area contributed by atoms with E-state index in [0.29, 0.717) is 33.2 Å². The number of hydrogen-bond acceptors (Lipinski definition) is 6. The molecular weight excluding hydrogens is 292 g/mol. The van der Waals surface area contributed by atoms with Crippen LogP contribution >= 0.6 is 11.6 Å². The van der Waals surface area contributed by atoms with Crippen LogP contribution in [0.2, 0.25) is 5.02 Å². The van der Waals surface area contributed by atoms with Crippen molar-refractivity contribution >= 4 is 17.4 Å². The summed E-state index contributed by atoms with van der Waals surface area (Å²) in [4.78, 5) is 7.94. The molecule has 0 radical (unpaired) electrons. The zero-order chi connectivity index (χ0) is 14.8. The van der Waals surface area contributed by atoms with Crippen molar-refractivity contribution in [2.45, 2.75) is 0 Å². The fourth-order valence-corrected chi connectivity index (χ4v) is 2.22. The molecule has 0 saturated heterocycles. The van der Waals surface area contributed by atoms with Gasteiger partial charge < -0.3 is 15.0 Å². The third-order valence-electron chi connectivity index (χ3n) is 2.97. The van der Waals surface area contributed by atoms with Crippen LogP contribution in [-0.2, 0) is 0 Å². The number of ether oxygens (including phenoxy) is 1. The van der Waals surface area contributed by atoms with Gasteiger partial charge in [0.25, 0.3) is 0 Å². The molecule has 0 bridgehead atoms. The number of hydrogen-bond donors (Lipinski definition) is 1. The zero-order valence-electron chi connectivity index (χ0n) is 11.1. The first-order valence-electron chi connectivity index (χ1n) is 6.05. The maximum Gasteiger partial charge on any atom is 0.180 e. The van der Waals surface area contributed by atoms with E-state index in [4.69, 9.17) is 26.6 Å². The average Bonchev–Trinajstić information content (AvgIpc) is 2.89. The Morgan fingerprint density at radius 3 is 2.71 bits per heavy atom. The van der Waals surface area contributed by atoms with Gasteiger partial charge in [-0.15, -0.1) is 0 Å². The molecule has 2 aromatic heterocycles. The van der Waals surface area contributed by atoms with Crippen LogP contribution in [0.25, 0.3) is 22.5 Å². The molecule has 6 nitrogen and oxygen atoms in total. The molecular formula is C14H11ClN4O2. The van der Waals surface area contributed by atoms with Gasteiger partial charge in [0.2, 0.25) is 0 Å². The fraction of sp³-hybridized carbons (Fsp3) is 0.0714. The first-order chi connectivity index (χ1) is 10.2. The number of methoxy groups -OCH3 is 1. The maximum atomic E-state index is 6.07. The normalized spacial score (nSPS) is 10.6. The van der Waals surface area contributed by atoms with Crippen molar-refractivity contribution in [1.29, 1.82) is 0 Å². The van der Waals surface area contributed by atoms with Crippen molar-refractivity contribution in [3.8, 4) is 28.2 Å². The molecule has 0 saturated carbocycles. The Hall–Kier alpha value is -2.60. The summed E-state index contributed by atoms with van der Waals surface area (Å²) >= 11 is 6.07. The first-order valence-corrected chi connectivity index (χ1v) is 6.43. The summed E-state index contributed by atoms with van der Waals surface area (Å²) in [6, 6.07) is 5.24. The molecule has 2 N–H and O–H groups in total. The summed E-state index contributed by atoms with van der Waals surface area (Å²) in [5.74, 6) is 1.33. The van der Waals surface area contributed by atoms with Crippen LogP contribution < -0.4 is 10.5 Å². The summed E-state index contributed by atoms with van der Waals surface area (Å²) in [5, 5.41) is 4.38. The van der Waals surface area contributed by atoms with Crippen molar-refractivity contribution < 1.29 is 9.26 Å². The molecule has 2 heterocycles. The molecule has 0 unspecified atom stereocenters. The summed E-state index contributed by atoms with van der Waals surface area (Å²) in [6.07, 6.45) is 4.67. The molecule has 0 aliphatic carbocycles. The Balaban J connectivity index is 2.24. The molecule has 3 aromatic rings. The Morgan fingerprint density at radius 1 is 1.24 bits per heavy atom. The van der Waals surface area contributed by atoms with E-state index >= 15 is 0 Å². The summed E-state index contributed by atoms with van der Waals surface area (Å²) in [6.45, 7) is 0. The molecule has 0 atom stereocenters. The zero-order valence-corrected chi connectivity index (χ0v) is 11.8. The number of anilines is 1. The Kier molecular flexibility index (Phi) is 3.45. The molecule has 106 valence electrons. The number of benzene rings is 1. The van der Waals surface area contributed by atoms with Gasteiger partial charge in [-0.1, -0.05) is 16.8 Å². The number of nitrogens with two attached hydrogens (primary N) is 1. The van der Waals surface area contributed by atoms with E-state index in [2.05, 4.69) is 15.1 Å². The van der Waals surface area contributed by atoms with Crippen molar-refractivity contribution in [1.82, 2.24) is 15.1 Å². The number of halogens is 1. The minimum atomic E-state index is 0.245. The van der Waals surface area contributed by atoms with E-state index in [1.165, 1.54) is 6.33 Å². The van der Waals surface area contributed by atoms with Gasteiger partial charge in [-0.05, 0) is 18.2 Å². The van der Waals surface area contributed by atoms with Crippen molar-refractivity contribution in [2.75, 3.05) is 12.8 Å². The minimum Gasteiger partial charge on any atom is -0.496 e. The number of nitrogens with zero attached hydrogens (tertiary/aromatic N) is 3. The molecule has 21 heavy (non-hydrogen) atoms. The maximum absolute atomic E-state index is 6.07. The van der Waals surface area contributed by atoms with Gasteiger partial charge in [0.1, 0.15) is 12.1 Å². The third kappa shape index (κ3) is 2.41. The SMILES string of the molecule is COc1ccc(Cl)cc1-c1c(N)noc1-c1cncnc1. The van der Waals surface area contributed by atoms with Crippen molar-refractivity contribution in [3.05, 3.63) is 41.9 Å². The summed E-state index contributed by atoms with van der Waals surface area (Å²) in [5.41, 5.74) is 7.90. The van der Waals surface area contributed by atoms with Crippen LogP contribution in [-0.4, -0.2) is 22.2 Å². The predicted octanol–water partition coefficient (Wildman–Crippen LogP) is 3.04. The lowest BCUT2D eigenvalue weighted by Crippen LogP contribution is -1.93. The van der Waals surface area contributed by atoms with Gasteiger partial charge >= 0.3 is 0 Å². The molecule has 1 aromatic carbocycles. The Labute approximate surface area is 125 Å². The van der Waals surface area contributed by atoms with Crippen LogP contribution in [0.15, 0.2) is 41.4 Å². The van der Waals surface area contributed by atoms with Gasteiger partial charge in [0.15, 0.2) is 11.6 Å². The van der Waals surface area contributed by atoms with E-state index in [-0.39, 0.29) is 5.82 Å². The highest BCUT2D eigenvalue weighted by molar-refractivity contribution is 6.31. The highest BCUT2D eigenvalue weighted by atomic mass is 35.5. The summed E-state index contributed by atoms with van der Waals surface area (Å²) < 4.78 is 10.7. The molecule has 7 heteroatoms. The Bertz CT molecular complexity index is 774. The van der Waals surface area contributed by atoms with E-state index in [1.807, 2.05) is 0 Å². The van der Waals surface area contributed by atoms with E-state index in [0.717, 1.165) is 0 Å². The highest BCUT2D eigenvalue weighted by Crippen LogP contribution is 2.41. The number of nitrogen functional groups attached to an aromatic ring is 1. The van der Waals surface area contributed by atoms with E-state index in [9.17, 15) is 0 Å². The predicted molar refractivity (Wildman–Crippen MR) is 78.9 cm³/mol. The minimum absolute atomic E-state index is 0.245. The molecule has 0 spiro atoms. The topological polar surface area (TPSA) is 87.1 Å². The molecule has 0 aliphatic heterocycles. The number of aromatic nitrogens is 3. The standard InChI is InChI=1S/C14H11ClN4O2/c1-20-11-3-2-9(15)4-10(11)12-13(21-19-14(12)16)8-5-17-7-18-6-8/h2-7H,1H3,(H2,16,19). The van der Waals surface area contributed by atoms with E-state index in [1.54, 1.807) is 37.7 Å². The van der Waals surface area contributed by atoms with Gasteiger partial charge in [0.05, 0.1) is 18.2 Å². The molecule has 3 rings (SSSR count). The second-order valence-corrected chi connectivity index (χ2v) is 4.68. The third-order valence-corrected chi connectivity index (χ3v) is 3.21. The quantitative estimate of drug-likeness (QED) is 0.800. The number of rotatable bonds is 3. The van der Waals surface area contributed by atoms with E-state index < -0.39 is 0 Å². The molecule has 0 amide bonds. The summed E-state index contributed by atoms with van der Waals surface area (Å²) in [7, 11) is 1.57. The van der Waals surface area contributed by atoms with Crippen LogP contribution in [0.5, 0.6) is 5.75 Å². The van der Waals surface area contributed by atoms with Gasteiger partial charge in [0, 0.05) is 23.0 Å². The highest BCUT2D eigenvalue weighted by Gasteiger charge is 2.21. The smallest absolute Gasteiger partial charge is 0.180 e. The van der Waals surface area contributed by atoms with Gasteiger partial charge in [-0.3, -0.25) is 0 Å². The van der Waals surface area contributed by atoms with Crippen LogP contribution in [0.3, 0.4) is 0 Å². The Morgan fingerprint density at radius 2 is 2.00 bits per heavy atom. The second kappa shape index (κ2) is 5.41. The van der Waals surface area contributed by atoms with Crippen molar-refractivity contribution in [2.24, 2.45) is 0 Å². The lowest BCUT2D eigenvalue weighted by molar-refractivity contribution is 0.416. The average molecular weight is 303 g/mol. The van der Waals surface area contributed by atoms with Crippen LogP contribution in [0.1, 0.15) is 0 Å². The second-order valence-electron chi connectivity index (χ2n) is 4.24. The molecule has 0 aliphatic rings. The van der Waals surface area contributed by atoms with Gasteiger partial charge in [-0.2, -0.15) is 0 Å². The fourth-order valence-electron chi connectivity index (χ4n) is 2.05. The monoisotopic (exact) mass is 302 g/mol. The lowest BCUT2D eigenvalue weighted by atomic mass is 10.0. The van der Waals surface area contributed by atoms with Gasteiger partial charge in [-0.25, -0.2) is 9.97 Å².